The lowest BCUT2D eigenvalue weighted by atomic mass is 10.1. The molecule has 68 heavy (non-hydrogen) atoms. The zero-order valence-corrected chi connectivity index (χ0v) is 37.0. The molecule has 4 aromatic heterocycles. The van der Waals surface area contributed by atoms with Crippen LogP contribution >= 0.6 is 0 Å². The summed E-state index contributed by atoms with van der Waals surface area (Å²) in [5.41, 5.74) is 0.497. The van der Waals surface area contributed by atoms with Gasteiger partial charge in [-0.25, -0.2) is 29.9 Å². The maximum Gasteiger partial charge on any atom is 0.416 e. The predicted molar refractivity (Wildman–Crippen MR) is 239 cm³/mol. The number of aromatic nitrogens is 6. The molecule has 2 fully saturated rings. The van der Waals surface area contributed by atoms with E-state index in [1.54, 1.807) is 26.0 Å². The molecule has 2 saturated heterocycles. The van der Waals surface area contributed by atoms with Crippen LogP contribution in [0, 0.1) is 13.8 Å². The first-order valence-corrected chi connectivity index (χ1v) is 21.5. The highest BCUT2D eigenvalue weighted by atomic mass is 19.4. The molecule has 23 heteroatoms. The minimum atomic E-state index is -4.72. The Hall–Kier alpha value is -6.98. The number of carbonyl (C=O) groups is 2. The van der Waals surface area contributed by atoms with Crippen molar-refractivity contribution in [2.24, 2.45) is 0 Å². The van der Waals surface area contributed by atoms with Gasteiger partial charge >= 0.3 is 12.4 Å². The second kappa shape index (κ2) is 19.7. The third-order valence-electron chi connectivity index (χ3n) is 11.5. The Bertz CT molecular complexity index is 2770. The molecular formula is C45H46F6N12O5. The second-order valence-corrected chi connectivity index (χ2v) is 16.3. The van der Waals surface area contributed by atoms with Crippen molar-refractivity contribution in [1.29, 1.82) is 0 Å². The van der Waals surface area contributed by atoms with Gasteiger partial charge in [0.25, 0.3) is 11.8 Å². The number of likely N-dealkylation sites (N-methyl/N-ethyl adjacent to an activating group) is 1. The first-order chi connectivity index (χ1) is 32.4. The smallest absolute Gasteiger partial charge is 0.416 e. The molecule has 6 heterocycles. The van der Waals surface area contributed by atoms with E-state index in [2.05, 4.69) is 55.2 Å². The summed E-state index contributed by atoms with van der Waals surface area (Å²) in [6.07, 6.45) is -13.5. The van der Waals surface area contributed by atoms with E-state index >= 15 is 0 Å². The van der Waals surface area contributed by atoms with Crippen molar-refractivity contribution in [3.05, 3.63) is 95.3 Å². The zero-order valence-electron chi connectivity index (χ0n) is 37.0. The quantitative estimate of drug-likeness (QED) is 0.126. The Labute approximate surface area is 385 Å². The molecule has 6 aromatic rings. The Morgan fingerprint density at radius 1 is 0.588 bits per heavy atom. The van der Waals surface area contributed by atoms with Crippen molar-refractivity contribution in [3.63, 3.8) is 0 Å². The van der Waals surface area contributed by atoms with Crippen LogP contribution in [0.3, 0.4) is 0 Å². The van der Waals surface area contributed by atoms with Crippen molar-refractivity contribution < 1.29 is 50.5 Å². The number of benzene rings is 2. The summed E-state index contributed by atoms with van der Waals surface area (Å²) in [6.45, 7) is 9.77. The minimum Gasteiger partial charge on any atom is -0.476 e. The van der Waals surface area contributed by atoms with E-state index in [9.17, 15) is 41.0 Å². The highest BCUT2D eigenvalue weighted by Crippen LogP contribution is 2.33. The molecule has 0 bridgehead atoms. The van der Waals surface area contributed by atoms with E-state index in [1.165, 1.54) is 12.1 Å². The van der Waals surface area contributed by atoms with Gasteiger partial charge in [0.15, 0.2) is 0 Å². The lowest BCUT2D eigenvalue weighted by Gasteiger charge is -2.34. The van der Waals surface area contributed by atoms with Gasteiger partial charge in [0.05, 0.1) is 40.2 Å². The van der Waals surface area contributed by atoms with Gasteiger partial charge in [0, 0.05) is 58.9 Å². The first kappa shape index (κ1) is 47.5. The van der Waals surface area contributed by atoms with Crippen LogP contribution in [0.5, 0.6) is 11.5 Å². The number of nitrogens with one attached hydrogen (secondary N) is 2. The number of rotatable bonds is 13. The van der Waals surface area contributed by atoms with Crippen LogP contribution in [0.1, 0.15) is 22.5 Å². The number of anilines is 4. The summed E-state index contributed by atoms with van der Waals surface area (Å²) in [7, 11) is 2.03. The molecule has 0 radical (unpaired) electrons. The maximum absolute atomic E-state index is 14.5. The Kier molecular flexibility index (Phi) is 13.8. The van der Waals surface area contributed by atoms with Crippen LogP contribution < -0.4 is 29.9 Å². The van der Waals surface area contributed by atoms with Crippen LogP contribution in [-0.2, 0) is 21.9 Å². The highest BCUT2D eigenvalue weighted by molar-refractivity contribution is 6.03. The van der Waals surface area contributed by atoms with Crippen molar-refractivity contribution in [3.8, 4) is 11.5 Å². The van der Waals surface area contributed by atoms with Crippen LogP contribution in [0.4, 0.5) is 49.9 Å². The number of amides is 2. The molecule has 358 valence electrons. The van der Waals surface area contributed by atoms with Crippen molar-refractivity contribution >= 4 is 57.4 Å². The van der Waals surface area contributed by atoms with Gasteiger partial charge in [0.1, 0.15) is 34.2 Å². The van der Waals surface area contributed by atoms with E-state index in [4.69, 9.17) is 9.47 Å². The number of β-amino-alcohol motifs (C(OH)–C–C–N with tert-alkyl or cyclic N) is 1. The number of nitrogens with zero attached hydrogens (tertiary/aromatic N) is 10. The molecule has 2 aromatic carbocycles. The standard InChI is InChI=1S/C45H46F6N12O5/c1-26-36-32(54-42(52-26)62-20-16-60(3)17-21-62)12-14-34(56-36)58-40(65)38(67-30-8-4-28(5-9-30)44(46,47)48)39(68-31-10-6-29(7-11-31)45(49,50)51)41(66)59-35-15-13-33-37(57-35)27(2)53-43(55-33)63-22-18-61(19-23-63)24-25-64/h4-15,38-39,64H,16-25H2,1-3H3,(H,56,58,65)(H,57,59,66). The van der Waals surface area contributed by atoms with E-state index in [0.29, 0.717) is 115 Å². The minimum absolute atomic E-state index is 0.0469. The SMILES string of the molecule is Cc1nc(N2CCN(C)CC2)nc2ccc(NC(=O)C(Oc3ccc(C(F)(F)F)cc3)C(Oc3ccc(C(F)(F)F)cc3)C(=O)Nc3ccc4nc(N5CCN(CCO)CC5)nc(C)c4n3)nc12. The average molecular weight is 949 g/mol. The molecule has 2 unspecified atom stereocenters. The summed E-state index contributed by atoms with van der Waals surface area (Å²) in [5, 5.41) is 14.5. The summed E-state index contributed by atoms with van der Waals surface area (Å²) in [4.78, 5) is 65.2. The lowest BCUT2D eigenvalue weighted by Crippen LogP contribution is -2.51. The fraction of sp³-hybridized carbons (Fsp3) is 0.378. The van der Waals surface area contributed by atoms with Crippen LogP contribution in [-0.4, -0.2) is 141 Å². The number of piperazine rings is 2. The monoisotopic (exact) mass is 948 g/mol. The average Bonchev–Trinajstić information content (AvgIpc) is 3.30. The molecule has 0 spiro atoms. The number of aliphatic hydroxyl groups is 1. The number of carbonyl (C=O) groups excluding carboxylic acids is 2. The molecule has 2 aliphatic rings. The third-order valence-corrected chi connectivity index (χ3v) is 11.5. The molecule has 2 atom stereocenters. The topological polar surface area (TPSA) is 187 Å². The van der Waals surface area contributed by atoms with Gasteiger partial charge in [-0.05, 0) is 93.7 Å². The fourth-order valence-corrected chi connectivity index (χ4v) is 7.67. The predicted octanol–water partition coefficient (Wildman–Crippen LogP) is 5.36. The number of hydrogen-bond acceptors (Lipinski definition) is 15. The third kappa shape index (κ3) is 11.1. The van der Waals surface area contributed by atoms with E-state index in [1.807, 2.05) is 11.9 Å². The molecule has 8 rings (SSSR count). The van der Waals surface area contributed by atoms with Crippen molar-refractivity contribution in [2.45, 2.75) is 38.4 Å². The number of ether oxygens (including phenoxy) is 2. The summed E-state index contributed by atoms with van der Waals surface area (Å²) in [5.74, 6) is -1.86. The van der Waals surface area contributed by atoms with Crippen LogP contribution in [0.25, 0.3) is 22.1 Å². The van der Waals surface area contributed by atoms with Crippen LogP contribution in [0.15, 0.2) is 72.8 Å². The van der Waals surface area contributed by atoms with Gasteiger partial charge in [-0.3, -0.25) is 14.5 Å². The van der Waals surface area contributed by atoms with Gasteiger partial charge in [-0.2, -0.15) is 26.3 Å². The molecule has 3 N–H and O–H groups in total. The molecular weight excluding hydrogens is 903 g/mol. The normalized spacial score (nSPS) is 16.1. The zero-order chi connectivity index (χ0) is 48.3. The number of fused-ring (bicyclic) bond motifs is 2. The molecule has 0 aliphatic carbocycles. The summed E-state index contributed by atoms with van der Waals surface area (Å²) >= 11 is 0. The molecule has 2 aliphatic heterocycles. The number of hydrogen-bond donors (Lipinski definition) is 3. The number of halogens is 6. The summed E-state index contributed by atoms with van der Waals surface area (Å²) in [6, 6.07) is 12.7. The number of alkyl halides is 6. The van der Waals surface area contributed by atoms with Crippen molar-refractivity contribution in [1.82, 2.24) is 39.7 Å². The highest BCUT2D eigenvalue weighted by Gasteiger charge is 2.40. The Morgan fingerprint density at radius 3 is 1.37 bits per heavy atom. The van der Waals surface area contributed by atoms with Gasteiger partial charge in [-0.15, -0.1) is 0 Å². The number of aliphatic hydroxyl groups excluding tert-OH is 1. The van der Waals surface area contributed by atoms with E-state index < -0.39 is 47.5 Å². The van der Waals surface area contributed by atoms with E-state index in [0.717, 1.165) is 37.4 Å². The lowest BCUT2D eigenvalue weighted by molar-refractivity contribution is -0.138. The van der Waals surface area contributed by atoms with Crippen LogP contribution in [0.2, 0.25) is 0 Å². The number of aryl methyl sites for hydroxylation is 2. The Balaban J connectivity index is 1.12. The summed E-state index contributed by atoms with van der Waals surface area (Å²) < 4.78 is 93.5. The Morgan fingerprint density at radius 2 is 0.985 bits per heavy atom. The van der Waals surface area contributed by atoms with Gasteiger partial charge in [-0.1, -0.05) is 0 Å². The second-order valence-electron chi connectivity index (χ2n) is 16.3. The molecule has 2 amide bonds. The maximum atomic E-state index is 14.5. The fourth-order valence-electron chi connectivity index (χ4n) is 7.67. The van der Waals surface area contributed by atoms with E-state index in [-0.39, 0.29) is 29.7 Å². The van der Waals surface area contributed by atoms with Crippen molar-refractivity contribution in [2.75, 3.05) is 93.0 Å². The van der Waals surface area contributed by atoms with Gasteiger partial charge < -0.3 is 39.9 Å². The van der Waals surface area contributed by atoms with Gasteiger partial charge in [0.2, 0.25) is 24.1 Å². The first-order valence-electron chi connectivity index (χ1n) is 21.5. The largest absolute Gasteiger partial charge is 0.476 e. The molecule has 17 nitrogen and oxygen atoms in total. The molecule has 0 saturated carbocycles. The number of pyridine rings is 2.